The lowest BCUT2D eigenvalue weighted by molar-refractivity contribution is -0.870. The molecule has 0 bridgehead atoms. The number of ether oxygens (including phenoxy) is 1. The van der Waals surface area contributed by atoms with E-state index in [2.05, 4.69) is 28.1 Å². The van der Waals surface area contributed by atoms with Gasteiger partial charge >= 0.3 is 0 Å². The van der Waals surface area contributed by atoms with Crippen LogP contribution in [0, 0.1) is 0 Å². The summed E-state index contributed by atoms with van der Waals surface area (Å²) >= 11 is 0. The Morgan fingerprint density at radius 2 is 1.30 bits per heavy atom. The minimum atomic E-state index is -3.84. The first-order valence-electron chi connectivity index (χ1n) is 15.1. The van der Waals surface area contributed by atoms with Gasteiger partial charge in [0.1, 0.15) is 7.60 Å². The van der Waals surface area contributed by atoms with Crippen LogP contribution in [0.5, 0.6) is 0 Å². The molecule has 0 spiro atoms. The van der Waals surface area contributed by atoms with E-state index in [1.807, 2.05) is 30.3 Å². The largest absolute Gasteiger partial charge is 0.778 e. The van der Waals surface area contributed by atoms with E-state index < -0.39 is 7.60 Å². The molecular formula is C31H58NO4P. The molecule has 2 atom stereocenters. The highest BCUT2D eigenvalue weighted by Gasteiger charge is 2.17. The summed E-state index contributed by atoms with van der Waals surface area (Å²) in [5.74, 6) is 0. The first-order valence-corrected chi connectivity index (χ1v) is 16.9. The van der Waals surface area contributed by atoms with Crippen molar-refractivity contribution in [2.45, 2.75) is 122 Å². The van der Waals surface area contributed by atoms with Crippen LogP contribution in [0.2, 0.25) is 0 Å². The first kappa shape index (κ1) is 34.3. The smallest absolute Gasteiger partial charge is 0.135 e. The molecule has 37 heavy (non-hydrogen) atoms. The Bertz CT molecular complexity index is 692. The lowest BCUT2D eigenvalue weighted by Gasteiger charge is -2.29. The van der Waals surface area contributed by atoms with Crippen molar-refractivity contribution in [3.05, 3.63) is 35.9 Å². The van der Waals surface area contributed by atoms with Crippen LogP contribution in [0.3, 0.4) is 0 Å². The van der Waals surface area contributed by atoms with Crippen molar-refractivity contribution < 1.29 is 23.2 Å². The molecule has 0 saturated heterocycles. The van der Waals surface area contributed by atoms with Crippen molar-refractivity contribution in [1.82, 2.24) is 0 Å². The maximum absolute atomic E-state index is 12.4. The van der Waals surface area contributed by atoms with Gasteiger partial charge in [0.25, 0.3) is 0 Å². The van der Waals surface area contributed by atoms with Gasteiger partial charge in [0.15, 0.2) is 0 Å². The van der Waals surface area contributed by atoms with Crippen molar-refractivity contribution in [2.24, 2.45) is 0 Å². The van der Waals surface area contributed by atoms with Crippen molar-refractivity contribution in [3.8, 4) is 0 Å². The van der Waals surface area contributed by atoms with Gasteiger partial charge in [-0.15, -0.1) is 0 Å². The van der Waals surface area contributed by atoms with Gasteiger partial charge in [0, 0.05) is 12.6 Å². The Morgan fingerprint density at radius 3 is 1.81 bits per heavy atom. The topological polar surface area (TPSA) is 58.6 Å². The number of unbranched alkanes of at least 4 members (excludes halogenated alkanes) is 13. The van der Waals surface area contributed by atoms with E-state index in [1.165, 1.54) is 83.5 Å². The quantitative estimate of drug-likeness (QED) is 0.0715. The molecule has 0 heterocycles. The molecule has 0 N–H and O–H groups in total. The van der Waals surface area contributed by atoms with Crippen LogP contribution in [0.1, 0.15) is 115 Å². The zero-order chi connectivity index (χ0) is 27.2. The first-order chi connectivity index (χ1) is 17.7. The van der Waals surface area contributed by atoms with Gasteiger partial charge < -0.3 is 23.2 Å². The number of nitrogens with zero attached hydrogens (tertiary/aromatic N) is 1. The predicted octanol–water partition coefficient (Wildman–Crippen LogP) is 8.11. The Morgan fingerprint density at radius 1 is 0.784 bits per heavy atom. The van der Waals surface area contributed by atoms with Gasteiger partial charge in [-0.05, 0) is 12.0 Å². The van der Waals surface area contributed by atoms with Gasteiger partial charge in [-0.3, -0.25) is 0 Å². The highest BCUT2D eigenvalue weighted by atomic mass is 31.2. The second-order valence-corrected chi connectivity index (χ2v) is 13.7. The zero-order valence-electron chi connectivity index (χ0n) is 24.6. The third-order valence-corrected chi connectivity index (χ3v) is 8.33. The predicted molar refractivity (Wildman–Crippen MR) is 156 cm³/mol. The summed E-state index contributed by atoms with van der Waals surface area (Å²) < 4.78 is 24.7. The Kier molecular flexibility index (Phi) is 19.6. The fourth-order valence-corrected chi connectivity index (χ4v) is 5.62. The zero-order valence-corrected chi connectivity index (χ0v) is 25.5. The molecule has 1 aromatic carbocycles. The molecule has 1 rings (SSSR count). The third-order valence-electron chi connectivity index (χ3n) is 6.93. The lowest BCUT2D eigenvalue weighted by atomic mass is 10.0. The SMILES string of the molecule is CCCCCCCCCCCCCCCCC(COP(=O)([O-])CCC[N+](C)(C)C)OCc1ccccc1. The van der Waals surface area contributed by atoms with Crippen LogP contribution in [-0.2, 0) is 20.4 Å². The monoisotopic (exact) mass is 539 g/mol. The van der Waals surface area contributed by atoms with Gasteiger partial charge in [0.05, 0.1) is 47.0 Å². The summed E-state index contributed by atoms with van der Waals surface area (Å²) in [6.07, 6.45) is 19.9. The molecule has 2 unspecified atom stereocenters. The average molecular weight is 540 g/mol. The standard InChI is InChI=1S/C31H58NO4P/c1-5-6-7-8-9-10-11-12-13-14-15-16-17-21-25-31(35-28-30-23-19-18-20-24-30)29-36-37(33,34)27-22-26-32(2,3)4/h18-20,23-24,31H,5-17,21-22,25-29H2,1-4H3. The van der Waals surface area contributed by atoms with Crippen LogP contribution < -0.4 is 4.89 Å². The van der Waals surface area contributed by atoms with E-state index in [-0.39, 0.29) is 18.9 Å². The summed E-state index contributed by atoms with van der Waals surface area (Å²) in [7, 11) is 2.37. The van der Waals surface area contributed by atoms with Gasteiger partial charge in [0.2, 0.25) is 0 Å². The molecule has 6 heteroatoms. The van der Waals surface area contributed by atoms with Crippen LogP contribution in [0.25, 0.3) is 0 Å². The Labute approximate surface area is 229 Å². The molecule has 0 amide bonds. The number of quaternary nitrogens is 1. The normalized spacial score (nSPS) is 14.5. The van der Waals surface area contributed by atoms with E-state index in [0.29, 0.717) is 13.0 Å². The summed E-state index contributed by atoms with van der Waals surface area (Å²) in [4.78, 5) is 12.4. The van der Waals surface area contributed by atoms with Crippen molar-refractivity contribution in [3.63, 3.8) is 0 Å². The number of hydrogen-bond donors (Lipinski definition) is 0. The van der Waals surface area contributed by atoms with E-state index in [9.17, 15) is 9.46 Å². The van der Waals surface area contributed by atoms with E-state index in [1.54, 1.807) is 0 Å². The highest BCUT2D eigenvalue weighted by molar-refractivity contribution is 7.51. The van der Waals surface area contributed by atoms with Crippen molar-refractivity contribution in [2.75, 3.05) is 40.5 Å². The maximum Gasteiger partial charge on any atom is 0.135 e. The molecule has 0 aliphatic heterocycles. The number of rotatable bonds is 25. The van der Waals surface area contributed by atoms with E-state index >= 15 is 0 Å². The van der Waals surface area contributed by atoms with Crippen molar-refractivity contribution in [1.29, 1.82) is 0 Å². The second kappa shape index (κ2) is 21.2. The summed E-state index contributed by atoms with van der Waals surface area (Å²) in [6.45, 7) is 3.69. The molecule has 0 aromatic heterocycles. The lowest BCUT2D eigenvalue weighted by Crippen LogP contribution is -2.36. The van der Waals surface area contributed by atoms with Gasteiger partial charge in [-0.1, -0.05) is 127 Å². The molecule has 5 nitrogen and oxygen atoms in total. The van der Waals surface area contributed by atoms with Crippen LogP contribution in [0.4, 0.5) is 0 Å². The average Bonchev–Trinajstić information content (AvgIpc) is 2.85. The molecule has 0 aliphatic rings. The third kappa shape index (κ3) is 21.9. The molecule has 0 saturated carbocycles. The van der Waals surface area contributed by atoms with Crippen LogP contribution in [-0.4, -0.2) is 51.0 Å². The molecular weight excluding hydrogens is 481 g/mol. The highest BCUT2D eigenvalue weighted by Crippen LogP contribution is 2.38. The van der Waals surface area contributed by atoms with Crippen molar-refractivity contribution >= 4 is 7.60 Å². The Balaban J connectivity index is 2.24. The molecule has 0 radical (unpaired) electrons. The Hall–Kier alpha value is -0.710. The summed E-state index contributed by atoms with van der Waals surface area (Å²) in [5, 5.41) is 0. The number of benzene rings is 1. The van der Waals surface area contributed by atoms with Gasteiger partial charge in [-0.2, -0.15) is 0 Å². The minimum absolute atomic E-state index is 0.0901. The fourth-order valence-electron chi connectivity index (χ4n) is 4.57. The minimum Gasteiger partial charge on any atom is -0.778 e. The fraction of sp³-hybridized carbons (Fsp3) is 0.806. The van der Waals surface area contributed by atoms with Gasteiger partial charge in [-0.25, -0.2) is 0 Å². The molecule has 1 aromatic rings. The number of hydrogen-bond acceptors (Lipinski definition) is 4. The summed E-state index contributed by atoms with van der Waals surface area (Å²) in [6, 6.07) is 10.1. The molecule has 0 fully saturated rings. The molecule has 216 valence electrons. The molecule has 0 aliphatic carbocycles. The van der Waals surface area contributed by atoms with Crippen LogP contribution in [0.15, 0.2) is 30.3 Å². The van der Waals surface area contributed by atoms with E-state index in [4.69, 9.17) is 9.26 Å². The second-order valence-electron chi connectivity index (χ2n) is 11.8. The summed E-state index contributed by atoms with van der Waals surface area (Å²) in [5.41, 5.74) is 1.10. The van der Waals surface area contributed by atoms with E-state index in [0.717, 1.165) is 29.4 Å². The van der Waals surface area contributed by atoms with Crippen LogP contribution >= 0.6 is 7.60 Å². The maximum atomic E-state index is 12.4.